The van der Waals surface area contributed by atoms with E-state index < -0.39 is 11.7 Å². The van der Waals surface area contributed by atoms with E-state index in [9.17, 15) is 9.90 Å². The predicted molar refractivity (Wildman–Crippen MR) is 139 cm³/mol. The van der Waals surface area contributed by atoms with Gasteiger partial charge in [-0.15, -0.1) is 0 Å². The van der Waals surface area contributed by atoms with Crippen LogP contribution in [0.5, 0.6) is 28.9 Å². The molecular weight excluding hydrogens is 491 g/mol. The summed E-state index contributed by atoms with van der Waals surface area (Å²) in [4.78, 5) is 25.7. The Kier molecular flexibility index (Phi) is 6.78. The molecule has 194 valence electrons. The van der Waals surface area contributed by atoms with Gasteiger partial charge in [0.15, 0.2) is 23.1 Å². The average molecular weight is 517 g/mol. The molecule has 1 aromatic carbocycles. The van der Waals surface area contributed by atoms with Gasteiger partial charge in [0.05, 0.1) is 19.7 Å². The first kappa shape index (κ1) is 24.9. The second-order valence-electron chi connectivity index (χ2n) is 8.79. The van der Waals surface area contributed by atoms with Crippen molar-refractivity contribution in [3.63, 3.8) is 0 Å². The number of methoxy groups -OCH3 is 2. The standard InChI is InChI=1S/C28H25FN4O5/c1-15-18(8-6-16-4-5-16)26(34)19(14-31-15)27(35)32-17-7-9-22(20(29)12-17)38-23-10-11-30-21-13-24(36-2)28(37-3)33-25(21)23/h6-14,16H,4-5H2,1-3H3,(H,31,34)(H,32,35)/b8-6+. The van der Waals surface area contributed by atoms with E-state index in [1.807, 2.05) is 6.08 Å². The highest BCUT2D eigenvalue weighted by molar-refractivity contribution is 6.06. The Morgan fingerprint density at radius 3 is 2.63 bits per heavy atom. The van der Waals surface area contributed by atoms with E-state index in [-0.39, 0.29) is 34.4 Å². The van der Waals surface area contributed by atoms with Crippen LogP contribution in [0.4, 0.5) is 10.1 Å². The van der Waals surface area contributed by atoms with Gasteiger partial charge in [-0.3, -0.25) is 14.8 Å². The van der Waals surface area contributed by atoms with Crippen LogP contribution in [0.15, 0.2) is 48.8 Å². The lowest BCUT2D eigenvalue weighted by atomic mass is 10.1. The van der Waals surface area contributed by atoms with E-state index in [4.69, 9.17) is 14.2 Å². The Balaban J connectivity index is 1.36. The first-order chi connectivity index (χ1) is 18.4. The third-order valence-electron chi connectivity index (χ3n) is 6.12. The maximum atomic E-state index is 15.0. The minimum atomic E-state index is -0.715. The van der Waals surface area contributed by atoms with Crippen molar-refractivity contribution in [2.75, 3.05) is 19.5 Å². The van der Waals surface area contributed by atoms with E-state index >= 15 is 4.39 Å². The molecule has 3 heterocycles. The van der Waals surface area contributed by atoms with Gasteiger partial charge >= 0.3 is 0 Å². The van der Waals surface area contributed by atoms with Crippen LogP contribution in [0.3, 0.4) is 0 Å². The number of benzene rings is 1. The molecule has 4 aromatic rings. The molecule has 1 aliphatic rings. The van der Waals surface area contributed by atoms with Gasteiger partial charge < -0.3 is 24.6 Å². The zero-order valence-corrected chi connectivity index (χ0v) is 21.0. The van der Waals surface area contributed by atoms with Crippen LogP contribution in [0.1, 0.15) is 34.5 Å². The van der Waals surface area contributed by atoms with Crippen molar-refractivity contribution in [1.29, 1.82) is 0 Å². The quantitative estimate of drug-likeness (QED) is 0.308. The summed E-state index contributed by atoms with van der Waals surface area (Å²) in [6.45, 7) is 1.76. The Hall–Kier alpha value is -4.73. The van der Waals surface area contributed by atoms with Crippen LogP contribution in [0.25, 0.3) is 17.1 Å². The largest absolute Gasteiger partial charge is 0.506 e. The number of anilines is 1. The zero-order valence-electron chi connectivity index (χ0n) is 21.0. The number of allylic oxidation sites excluding steroid dienone is 1. The van der Waals surface area contributed by atoms with Gasteiger partial charge in [-0.25, -0.2) is 9.37 Å². The Morgan fingerprint density at radius 1 is 1.11 bits per heavy atom. The molecule has 0 bridgehead atoms. The number of nitrogens with one attached hydrogen (secondary N) is 1. The minimum Gasteiger partial charge on any atom is -0.506 e. The number of carbonyl (C=O) groups is 1. The molecule has 0 radical (unpaired) electrons. The lowest BCUT2D eigenvalue weighted by Gasteiger charge is -2.13. The number of aryl methyl sites for hydroxylation is 1. The molecule has 0 spiro atoms. The summed E-state index contributed by atoms with van der Waals surface area (Å²) in [6, 6.07) is 7.20. The fourth-order valence-corrected chi connectivity index (χ4v) is 3.86. The Labute approximate surface area is 217 Å². The van der Waals surface area contributed by atoms with Gasteiger partial charge in [-0.05, 0) is 37.8 Å². The van der Waals surface area contributed by atoms with Crippen LogP contribution < -0.4 is 19.5 Å². The van der Waals surface area contributed by atoms with Crippen molar-refractivity contribution in [3.8, 4) is 28.9 Å². The molecule has 5 rings (SSSR count). The molecule has 2 N–H and O–H groups in total. The third kappa shape index (κ3) is 5.06. The normalized spacial score (nSPS) is 13.1. The number of halogens is 1. The summed E-state index contributed by atoms with van der Waals surface area (Å²) in [5, 5.41) is 13.3. The molecule has 10 heteroatoms. The van der Waals surface area contributed by atoms with E-state index in [2.05, 4.69) is 20.3 Å². The lowest BCUT2D eigenvalue weighted by molar-refractivity contribution is 0.102. The van der Waals surface area contributed by atoms with Crippen molar-refractivity contribution in [3.05, 3.63) is 71.4 Å². The van der Waals surface area contributed by atoms with Gasteiger partial charge in [0.1, 0.15) is 16.8 Å². The minimum absolute atomic E-state index is 0.00881. The Morgan fingerprint density at radius 2 is 1.92 bits per heavy atom. The summed E-state index contributed by atoms with van der Waals surface area (Å²) >= 11 is 0. The number of nitrogens with zero attached hydrogens (tertiary/aromatic N) is 3. The van der Waals surface area contributed by atoms with Crippen LogP contribution in [0.2, 0.25) is 0 Å². The zero-order chi connectivity index (χ0) is 26.8. The van der Waals surface area contributed by atoms with Crippen molar-refractivity contribution in [1.82, 2.24) is 15.0 Å². The summed E-state index contributed by atoms with van der Waals surface area (Å²) in [5.41, 5.74) is 2.10. The monoisotopic (exact) mass is 516 g/mol. The number of hydrogen-bond donors (Lipinski definition) is 2. The molecule has 0 aliphatic heterocycles. The predicted octanol–water partition coefficient (Wildman–Crippen LogP) is 5.66. The van der Waals surface area contributed by atoms with Crippen molar-refractivity contribution in [2.45, 2.75) is 19.8 Å². The maximum Gasteiger partial charge on any atom is 0.261 e. The first-order valence-corrected chi connectivity index (χ1v) is 11.9. The maximum absolute atomic E-state index is 15.0. The fraction of sp³-hybridized carbons (Fsp3) is 0.214. The van der Waals surface area contributed by atoms with Gasteiger partial charge in [-0.2, -0.15) is 0 Å². The highest BCUT2D eigenvalue weighted by Gasteiger charge is 2.20. The summed E-state index contributed by atoms with van der Waals surface area (Å²) < 4.78 is 31.3. The number of hydrogen-bond acceptors (Lipinski definition) is 8. The fourth-order valence-electron chi connectivity index (χ4n) is 3.86. The molecule has 0 saturated heterocycles. The van der Waals surface area contributed by atoms with Gasteiger partial charge in [0, 0.05) is 47.5 Å². The topological polar surface area (TPSA) is 116 Å². The molecule has 1 saturated carbocycles. The number of aromatic nitrogens is 3. The molecule has 3 aromatic heterocycles. The molecular formula is C28H25FN4O5. The summed E-state index contributed by atoms with van der Waals surface area (Å²) in [5.74, 6) is -0.194. The van der Waals surface area contributed by atoms with E-state index in [0.29, 0.717) is 34.0 Å². The highest BCUT2D eigenvalue weighted by atomic mass is 19.1. The summed E-state index contributed by atoms with van der Waals surface area (Å²) in [7, 11) is 2.95. The van der Waals surface area contributed by atoms with Crippen molar-refractivity contribution >= 4 is 28.7 Å². The number of carbonyl (C=O) groups excluding carboxylic acids is 1. The second-order valence-corrected chi connectivity index (χ2v) is 8.79. The molecule has 0 atom stereocenters. The molecule has 1 fully saturated rings. The SMILES string of the molecule is COc1cc2nccc(Oc3ccc(NC(=O)c4cnc(C)c(/C=C/C5CC5)c4O)cc3F)c2nc1OC. The first-order valence-electron chi connectivity index (χ1n) is 11.9. The van der Waals surface area contributed by atoms with Crippen LogP contribution >= 0.6 is 0 Å². The van der Waals surface area contributed by atoms with Crippen molar-refractivity contribution in [2.24, 2.45) is 5.92 Å². The molecule has 9 nitrogen and oxygen atoms in total. The lowest BCUT2D eigenvalue weighted by Crippen LogP contribution is -2.13. The van der Waals surface area contributed by atoms with Gasteiger partial charge in [0.25, 0.3) is 11.8 Å². The number of rotatable bonds is 8. The van der Waals surface area contributed by atoms with Crippen molar-refractivity contribution < 1.29 is 28.5 Å². The van der Waals surface area contributed by atoms with Crippen LogP contribution in [-0.4, -0.2) is 40.2 Å². The molecule has 38 heavy (non-hydrogen) atoms. The van der Waals surface area contributed by atoms with E-state index in [0.717, 1.165) is 18.9 Å². The van der Waals surface area contributed by atoms with E-state index in [1.54, 1.807) is 25.1 Å². The van der Waals surface area contributed by atoms with E-state index in [1.165, 1.54) is 38.7 Å². The van der Waals surface area contributed by atoms with Gasteiger partial charge in [-0.1, -0.05) is 12.2 Å². The summed E-state index contributed by atoms with van der Waals surface area (Å²) in [6.07, 6.45) is 8.84. The molecule has 1 aliphatic carbocycles. The molecule has 0 unspecified atom stereocenters. The number of ether oxygens (including phenoxy) is 3. The van der Waals surface area contributed by atoms with Crippen LogP contribution in [0, 0.1) is 18.7 Å². The Bertz CT molecular complexity index is 1570. The number of pyridine rings is 3. The second kappa shape index (κ2) is 10.3. The van der Waals surface area contributed by atoms with Crippen LogP contribution in [-0.2, 0) is 0 Å². The number of aromatic hydroxyl groups is 1. The smallest absolute Gasteiger partial charge is 0.261 e. The number of amides is 1. The molecule has 1 amide bonds. The highest BCUT2D eigenvalue weighted by Crippen LogP contribution is 2.36. The third-order valence-corrected chi connectivity index (χ3v) is 6.12. The van der Waals surface area contributed by atoms with Gasteiger partial charge in [0.2, 0.25) is 0 Å². The number of fused-ring (bicyclic) bond motifs is 1. The average Bonchev–Trinajstić information content (AvgIpc) is 3.74.